The molecule has 0 rings (SSSR count). The van der Waals surface area contributed by atoms with Crippen molar-refractivity contribution >= 4 is 0 Å². The molecule has 0 aromatic rings. The molecule has 1 atom stereocenters. The number of hydrogen-bond acceptors (Lipinski definition) is 3. The summed E-state index contributed by atoms with van der Waals surface area (Å²) in [5.74, 6) is 0. The van der Waals surface area contributed by atoms with E-state index < -0.39 is 6.29 Å². The van der Waals surface area contributed by atoms with Gasteiger partial charge in [0, 0.05) is 13.2 Å². The van der Waals surface area contributed by atoms with E-state index >= 15 is 0 Å². The van der Waals surface area contributed by atoms with Crippen LogP contribution in [0.15, 0.2) is 0 Å². The second kappa shape index (κ2) is 6.01. The Bertz CT molecular complexity index is 54.3. The molecule has 0 fully saturated rings. The minimum atomic E-state index is -0.677. The minimum Gasteiger partial charge on any atom is -0.396 e. The SMILES string of the molecule is CC(O)OCCCCO. The van der Waals surface area contributed by atoms with Gasteiger partial charge < -0.3 is 14.9 Å². The highest BCUT2D eigenvalue weighted by molar-refractivity contribution is 4.35. The Morgan fingerprint density at radius 3 is 2.56 bits per heavy atom. The fraction of sp³-hybridized carbons (Fsp3) is 1.00. The lowest BCUT2D eigenvalue weighted by atomic mass is 10.3. The van der Waals surface area contributed by atoms with Gasteiger partial charge in [0.1, 0.15) is 0 Å². The van der Waals surface area contributed by atoms with Crippen LogP contribution in [0.4, 0.5) is 0 Å². The Kier molecular flexibility index (Phi) is 5.93. The van der Waals surface area contributed by atoms with Crippen LogP contribution < -0.4 is 0 Å². The molecule has 9 heavy (non-hydrogen) atoms. The largest absolute Gasteiger partial charge is 0.396 e. The third-order valence-corrected chi connectivity index (χ3v) is 0.912. The molecule has 0 radical (unpaired) electrons. The summed E-state index contributed by atoms with van der Waals surface area (Å²) in [5.41, 5.74) is 0. The quantitative estimate of drug-likeness (QED) is 0.414. The molecule has 0 heterocycles. The highest BCUT2D eigenvalue weighted by atomic mass is 16.6. The van der Waals surface area contributed by atoms with Gasteiger partial charge in [-0.1, -0.05) is 0 Å². The molecule has 0 aliphatic rings. The van der Waals surface area contributed by atoms with Gasteiger partial charge in [-0.3, -0.25) is 0 Å². The third-order valence-electron chi connectivity index (χ3n) is 0.912. The first kappa shape index (κ1) is 8.88. The smallest absolute Gasteiger partial charge is 0.151 e. The Balaban J connectivity index is 2.75. The molecule has 0 amide bonds. The lowest BCUT2D eigenvalue weighted by molar-refractivity contribution is -0.0863. The van der Waals surface area contributed by atoms with E-state index in [1.165, 1.54) is 0 Å². The van der Waals surface area contributed by atoms with Gasteiger partial charge in [-0.25, -0.2) is 0 Å². The molecule has 0 aromatic heterocycles. The highest BCUT2D eigenvalue weighted by Gasteiger charge is 1.92. The van der Waals surface area contributed by atoms with E-state index in [0.717, 1.165) is 12.8 Å². The van der Waals surface area contributed by atoms with E-state index in [0.29, 0.717) is 6.61 Å². The molecule has 2 N–H and O–H groups in total. The second-order valence-electron chi connectivity index (χ2n) is 1.90. The van der Waals surface area contributed by atoms with E-state index in [1.807, 2.05) is 0 Å². The van der Waals surface area contributed by atoms with Gasteiger partial charge in [0.25, 0.3) is 0 Å². The van der Waals surface area contributed by atoms with Crippen LogP contribution in [0, 0.1) is 0 Å². The van der Waals surface area contributed by atoms with Crippen molar-refractivity contribution in [1.29, 1.82) is 0 Å². The average Bonchev–Trinajstić information content (AvgIpc) is 1.80. The summed E-state index contributed by atoms with van der Waals surface area (Å²) in [6, 6.07) is 0. The van der Waals surface area contributed by atoms with Crippen molar-refractivity contribution in [1.82, 2.24) is 0 Å². The van der Waals surface area contributed by atoms with Crippen LogP contribution in [0.3, 0.4) is 0 Å². The molecule has 3 heteroatoms. The Morgan fingerprint density at radius 1 is 1.44 bits per heavy atom. The summed E-state index contributed by atoms with van der Waals surface area (Å²) in [6.07, 6.45) is 0.873. The average molecular weight is 134 g/mol. The van der Waals surface area contributed by atoms with Crippen LogP contribution in [0.5, 0.6) is 0 Å². The van der Waals surface area contributed by atoms with Crippen molar-refractivity contribution in [3.63, 3.8) is 0 Å². The number of aliphatic hydroxyl groups excluding tert-OH is 2. The van der Waals surface area contributed by atoms with Crippen molar-refractivity contribution in [3.05, 3.63) is 0 Å². The number of unbranched alkanes of at least 4 members (excludes halogenated alkanes) is 1. The van der Waals surface area contributed by atoms with Crippen LogP contribution in [-0.4, -0.2) is 29.7 Å². The first-order chi connectivity index (χ1) is 4.27. The van der Waals surface area contributed by atoms with Crippen LogP contribution in [0.2, 0.25) is 0 Å². The summed E-state index contributed by atoms with van der Waals surface area (Å²) >= 11 is 0. The number of hydrogen-bond donors (Lipinski definition) is 2. The predicted octanol–water partition coefficient (Wildman–Crippen LogP) is 0.114. The second-order valence-corrected chi connectivity index (χ2v) is 1.90. The Hall–Kier alpha value is -0.120. The van der Waals surface area contributed by atoms with Crippen LogP contribution in [0.1, 0.15) is 19.8 Å². The molecule has 0 saturated heterocycles. The van der Waals surface area contributed by atoms with Crippen LogP contribution >= 0.6 is 0 Å². The lowest BCUT2D eigenvalue weighted by Gasteiger charge is -2.04. The molecule has 0 saturated carbocycles. The number of aliphatic hydroxyl groups is 2. The third kappa shape index (κ3) is 7.88. The number of ether oxygens (including phenoxy) is 1. The van der Waals surface area contributed by atoms with Crippen LogP contribution in [-0.2, 0) is 4.74 Å². The van der Waals surface area contributed by atoms with Gasteiger partial charge in [-0.2, -0.15) is 0 Å². The van der Waals surface area contributed by atoms with Gasteiger partial charge >= 0.3 is 0 Å². The van der Waals surface area contributed by atoms with Gasteiger partial charge in [0.15, 0.2) is 6.29 Å². The van der Waals surface area contributed by atoms with E-state index in [9.17, 15) is 0 Å². The van der Waals surface area contributed by atoms with Crippen molar-refractivity contribution < 1.29 is 14.9 Å². The summed E-state index contributed by atoms with van der Waals surface area (Å²) in [5, 5.41) is 16.9. The molecular formula is C6H14O3. The molecule has 0 aromatic carbocycles. The molecular weight excluding hydrogens is 120 g/mol. The van der Waals surface area contributed by atoms with Gasteiger partial charge in [0.05, 0.1) is 0 Å². The Labute approximate surface area is 55.3 Å². The zero-order valence-corrected chi connectivity index (χ0v) is 5.71. The van der Waals surface area contributed by atoms with E-state index in [1.54, 1.807) is 6.92 Å². The lowest BCUT2D eigenvalue weighted by Crippen LogP contribution is -2.07. The monoisotopic (exact) mass is 134 g/mol. The first-order valence-electron chi connectivity index (χ1n) is 3.18. The van der Waals surface area contributed by atoms with Crippen molar-refractivity contribution in [2.45, 2.75) is 26.1 Å². The molecule has 0 aliphatic heterocycles. The maximum Gasteiger partial charge on any atom is 0.151 e. The van der Waals surface area contributed by atoms with Gasteiger partial charge in [-0.15, -0.1) is 0 Å². The van der Waals surface area contributed by atoms with Gasteiger partial charge in [-0.05, 0) is 19.8 Å². The first-order valence-corrected chi connectivity index (χ1v) is 3.18. The molecule has 0 spiro atoms. The maximum atomic E-state index is 8.57. The summed E-state index contributed by atoms with van der Waals surface area (Å²) in [6.45, 7) is 2.29. The van der Waals surface area contributed by atoms with E-state index in [4.69, 9.17) is 14.9 Å². The molecule has 3 nitrogen and oxygen atoms in total. The summed E-state index contributed by atoms with van der Waals surface area (Å²) in [4.78, 5) is 0. The molecule has 56 valence electrons. The van der Waals surface area contributed by atoms with Crippen molar-refractivity contribution in [3.8, 4) is 0 Å². The molecule has 0 bridgehead atoms. The van der Waals surface area contributed by atoms with Crippen molar-refractivity contribution in [2.24, 2.45) is 0 Å². The standard InChI is InChI=1S/C6H14O3/c1-6(8)9-5-3-2-4-7/h6-8H,2-5H2,1H3. The summed E-state index contributed by atoms with van der Waals surface area (Å²) in [7, 11) is 0. The molecule has 0 aliphatic carbocycles. The van der Waals surface area contributed by atoms with Crippen molar-refractivity contribution in [2.75, 3.05) is 13.2 Å². The van der Waals surface area contributed by atoms with Crippen LogP contribution in [0.25, 0.3) is 0 Å². The Morgan fingerprint density at radius 2 is 2.11 bits per heavy atom. The van der Waals surface area contributed by atoms with E-state index in [2.05, 4.69) is 0 Å². The normalized spacial score (nSPS) is 13.7. The number of rotatable bonds is 5. The predicted molar refractivity (Wildman–Crippen MR) is 34.0 cm³/mol. The molecule has 1 unspecified atom stereocenters. The summed E-state index contributed by atoms with van der Waals surface area (Å²) < 4.78 is 4.79. The zero-order chi connectivity index (χ0) is 7.11. The van der Waals surface area contributed by atoms with E-state index in [-0.39, 0.29) is 6.61 Å². The highest BCUT2D eigenvalue weighted by Crippen LogP contribution is 1.90. The minimum absolute atomic E-state index is 0.198. The maximum absolute atomic E-state index is 8.57. The fourth-order valence-corrected chi connectivity index (χ4v) is 0.468. The topological polar surface area (TPSA) is 49.7 Å². The zero-order valence-electron chi connectivity index (χ0n) is 5.71. The fourth-order valence-electron chi connectivity index (χ4n) is 0.468. The van der Waals surface area contributed by atoms with Gasteiger partial charge in [0.2, 0.25) is 0 Å².